The maximum atomic E-state index is 12.8. The van der Waals surface area contributed by atoms with Crippen LogP contribution in [-0.2, 0) is 28.5 Å². The second kappa shape index (κ2) is 40.5. The predicted octanol–water partition coefficient (Wildman–Crippen LogP) is 11.1. The highest BCUT2D eigenvalue weighted by atomic mass is 16.7. The quantitative estimate of drug-likeness (QED) is 0.0265. The zero-order valence-electron chi connectivity index (χ0n) is 38.0. The number of carbonyl (C=O) groups excluding carboxylic acids is 2. The Balaban J connectivity index is 2.27. The molecule has 0 aromatic heterocycles. The number of ether oxygens (including phenoxy) is 4. The third kappa shape index (κ3) is 31.9. The molecule has 1 aliphatic heterocycles. The van der Waals surface area contributed by atoms with Crippen LogP contribution in [0.4, 0.5) is 0 Å². The second-order valence-electron chi connectivity index (χ2n) is 17.3. The van der Waals surface area contributed by atoms with Crippen molar-refractivity contribution in [3.8, 4) is 0 Å². The van der Waals surface area contributed by atoms with Crippen molar-refractivity contribution in [2.45, 2.75) is 269 Å². The molecule has 2 unspecified atom stereocenters. The van der Waals surface area contributed by atoms with Crippen LogP contribution in [0, 0.1) is 0 Å². The van der Waals surface area contributed by atoms with Crippen molar-refractivity contribution < 1.29 is 49.0 Å². The molecule has 0 aromatic carbocycles. The fourth-order valence-corrected chi connectivity index (χ4v) is 7.71. The average Bonchev–Trinajstić information content (AvgIpc) is 3.23. The van der Waals surface area contributed by atoms with Gasteiger partial charge in [-0.2, -0.15) is 0 Å². The van der Waals surface area contributed by atoms with E-state index in [1.807, 2.05) is 0 Å². The average molecular weight is 841 g/mol. The van der Waals surface area contributed by atoms with E-state index in [-0.39, 0.29) is 32.0 Å². The Morgan fingerprint density at radius 2 is 0.898 bits per heavy atom. The Hall–Kier alpha value is -1.56. The normalized spacial score (nSPS) is 20.0. The molecule has 0 spiro atoms. The number of esters is 2. The van der Waals surface area contributed by atoms with Gasteiger partial charge < -0.3 is 39.4 Å². The largest absolute Gasteiger partial charge is 0.462 e. The number of rotatable bonds is 42. The van der Waals surface area contributed by atoms with Gasteiger partial charge in [-0.15, -0.1) is 0 Å². The van der Waals surface area contributed by atoms with E-state index in [1.165, 1.54) is 161 Å². The van der Waals surface area contributed by atoms with Gasteiger partial charge in [0.1, 0.15) is 31.0 Å². The first kappa shape index (κ1) is 55.5. The van der Waals surface area contributed by atoms with Crippen molar-refractivity contribution in [2.24, 2.45) is 0 Å². The molecule has 0 radical (unpaired) electrons. The topological polar surface area (TPSA) is 152 Å². The summed E-state index contributed by atoms with van der Waals surface area (Å²) in [6.07, 6.45) is 36.4. The molecule has 10 nitrogen and oxygen atoms in total. The summed E-state index contributed by atoms with van der Waals surface area (Å²) < 4.78 is 22.2. The van der Waals surface area contributed by atoms with Gasteiger partial charge in [-0.05, 0) is 38.5 Å². The van der Waals surface area contributed by atoms with Gasteiger partial charge in [0.05, 0.1) is 13.2 Å². The molecule has 0 aromatic rings. The van der Waals surface area contributed by atoms with Crippen LogP contribution in [0.25, 0.3) is 0 Å². The molecule has 1 fully saturated rings. The fourth-order valence-electron chi connectivity index (χ4n) is 7.71. The summed E-state index contributed by atoms with van der Waals surface area (Å²) in [6, 6.07) is 0. The van der Waals surface area contributed by atoms with Crippen LogP contribution < -0.4 is 0 Å². The number of aliphatic hydroxyl groups is 4. The molecule has 1 heterocycles. The van der Waals surface area contributed by atoms with Crippen LogP contribution in [0.1, 0.15) is 232 Å². The van der Waals surface area contributed by atoms with Crippen LogP contribution in [0.15, 0.2) is 12.2 Å². The van der Waals surface area contributed by atoms with Crippen molar-refractivity contribution in [2.75, 3.05) is 19.8 Å². The van der Waals surface area contributed by atoms with Gasteiger partial charge in [-0.25, -0.2) is 0 Å². The molecule has 1 rings (SSSR count). The summed E-state index contributed by atoms with van der Waals surface area (Å²) in [7, 11) is 0. The van der Waals surface area contributed by atoms with E-state index in [1.54, 1.807) is 0 Å². The molecular formula is C49H92O10. The number of hydrogen-bond donors (Lipinski definition) is 4. The maximum Gasteiger partial charge on any atom is 0.306 e. The predicted molar refractivity (Wildman–Crippen MR) is 238 cm³/mol. The van der Waals surface area contributed by atoms with E-state index in [9.17, 15) is 30.0 Å². The first-order valence-electron chi connectivity index (χ1n) is 24.8. The van der Waals surface area contributed by atoms with Crippen LogP contribution >= 0.6 is 0 Å². The number of carbonyl (C=O) groups is 2. The Morgan fingerprint density at radius 1 is 0.508 bits per heavy atom. The lowest BCUT2D eigenvalue weighted by Gasteiger charge is -2.39. The van der Waals surface area contributed by atoms with Crippen molar-refractivity contribution in [3.05, 3.63) is 12.2 Å². The van der Waals surface area contributed by atoms with Crippen LogP contribution in [0.5, 0.6) is 0 Å². The molecule has 4 N–H and O–H groups in total. The first-order chi connectivity index (χ1) is 28.8. The van der Waals surface area contributed by atoms with Crippen molar-refractivity contribution in [1.82, 2.24) is 0 Å². The zero-order valence-corrected chi connectivity index (χ0v) is 38.0. The molecule has 6 atom stereocenters. The number of hydrogen-bond acceptors (Lipinski definition) is 10. The van der Waals surface area contributed by atoms with Gasteiger partial charge in [0.15, 0.2) is 12.4 Å². The minimum absolute atomic E-state index is 0.212. The zero-order chi connectivity index (χ0) is 43.0. The Morgan fingerprint density at radius 3 is 1.34 bits per heavy atom. The molecule has 0 aliphatic carbocycles. The molecule has 0 bridgehead atoms. The highest BCUT2D eigenvalue weighted by molar-refractivity contribution is 5.70. The highest BCUT2D eigenvalue weighted by Crippen LogP contribution is 2.23. The van der Waals surface area contributed by atoms with Gasteiger partial charge in [0.2, 0.25) is 0 Å². The summed E-state index contributed by atoms with van der Waals surface area (Å²) in [5.74, 6) is -0.795. The molecule has 10 heteroatoms. The first-order valence-corrected chi connectivity index (χ1v) is 24.8. The van der Waals surface area contributed by atoms with Crippen molar-refractivity contribution in [3.63, 3.8) is 0 Å². The summed E-state index contributed by atoms with van der Waals surface area (Å²) in [6.45, 7) is 3.45. The van der Waals surface area contributed by atoms with Gasteiger partial charge in [0.25, 0.3) is 0 Å². The number of aliphatic hydroxyl groups excluding tert-OH is 4. The van der Waals surface area contributed by atoms with Gasteiger partial charge in [-0.1, -0.05) is 193 Å². The van der Waals surface area contributed by atoms with E-state index in [2.05, 4.69) is 26.0 Å². The molecule has 0 amide bonds. The van der Waals surface area contributed by atoms with E-state index in [4.69, 9.17) is 18.9 Å². The Kier molecular flexibility index (Phi) is 38.1. The Bertz CT molecular complexity index is 974. The molecule has 348 valence electrons. The monoisotopic (exact) mass is 841 g/mol. The van der Waals surface area contributed by atoms with E-state index >= 15 is 0 Å². The number of unbranched alkanes of at least 4 members (excludes halogenated alkanes) is 29. The lowest BCUT2D eigenvalue weighted by Crippen LogP contribution is -2.59. The standard InChI is InChI=1S/C49H92O10/c1-3-5-7-9-11-13-15-17-19-21-23-25-27-29-31-33-35-37-44(51)56-40-42(41-57-49-48(55)47(54)46(53)43(39-50)59-49)58-45(52)38-36-34-32-30-28-26-24-22-20-18-16-14-12-10-8-6-4-2/h14,16,42-43,46-50,53-55H,3-13,15,17-41H2,1-2H3/b16-14+/t42-,43-,46+,47?,48?,49-/m0/s1. The van der Waals surface area contributed by atoms with Crippen molar-refractivity contribution >= 4 is 11.9 Å². The lowest BCUT2D eigenvalue weighted by molar-refractivity contribution is -0.305. The van der Waals surface area contributed by atoms with Gasteiger partial charge in [-0.3, -0.25) is 9.59 Å². The minimum atomic E-state index is -1.59. The maximum absolute atomic E-state index is 12.8. The van der Waals surface area contributed by atoms with Crippen LogP contribution in [-0.4, -0.2) is 89.0 Å². The molecular weight excluding hydrogens is 749 g/mol. The molecule has 1 saturated heterocycles. The fraction of sp³-hybridized carbons (Fsp3) is 0.918. The number of allylic oxidation sites excluding steroid dienone is 2. The SMILES string of the molecule is CCCCCC/C=C/CCCCCCCCCCCC(=O)O[C@@H](COC(=O)CCCCCCCCCCCCCCCCCCC)CO[C@H]1O[C@@H](CO)[C@@H](O)C(O)C1O. The summed E-state index contributed by atoms with van der Waals surface area (Å²) in [5, 5.41) is 40.1. The summed E-state index contributed by atoms with van der Waals surface area (Å²) >= 11 is 0. The third-order valence-corrected chi connectivity index (χ3v) is 11.7. The molecule has 0 saturated carbocycles. The van der Waals surface area contributed by atoms with Crippen LogP contribution in [0.2, 0.25) is 0 Å². The third-order valence-electron chi connectivity index (χ3n) is 11.7. The van der Waals surface area contributed by atoms with E-state index in [0.717, 1.165) is 38.5 Å². The smallest absolute Gasteiger partial charge is 0.306 e. The van der Waals surface area contributed by atoms with Crippen LogP contribution in [0.3, 0.4) is 0 Å². The lowest BCUT2D eigenvalue weighted by atomic mass is 9.99. The van der Waals surface area contributed by atoms with E-state index < -0.39 is 49.4 Å². The summed E-state index contributed by atoms with van der Waals surface area (Å²) in [4.78, 5) is 25.4. The van der Waals surface area contributed by atoms with Crippen molar-refractivity contribution in [1.29, 1.82) is 0 Å². The summed E-state index contributed by atoms with van der Waals surface area (Å²) in [5.41, 5.74) is 0. The second-order valence-corrected chi connectivity index (χ2v) is 17.3. The van der Waals surface area contributed by atoms with Gasteiger partial charge >= 0.3 is 11.9 Å². The minimum Gasteiger partial charge on any atom is -0.462 e. The van der Waals surface area contributed by atoms with Gasteiger partial charge in [0, 0.05) is 12.8 Å². The van der Waals surface area contributed by atoms with E-state index in [0.29, 0.717) is 6.42 Å². The molecule has 59 heavy (non-hydrogen) atoms. The Labute approximate surface area is 361 Å². The highest BCUT2D eigenvalue weighted by Gasteiger charge is 2.44. The molecule has 1 aliphatic rings.